The summed E-state index contributed by atoms with van der Waals surface area (Å²) in [5.41, 5.74) is 2.02. The lowest BCUT2D eigenvalue weighted by Gasteiger charge is -2.15. The second-order valence-corrected chi connectivity index (χ2v) is 7.29. The fourth-order valence-corrected chi connectivity index (χ4v) is 3.59. The standard InChI is InChI=1S/C25H23NO4/c1-3-17-13-25(28)30-23-14-21(10-11-22(17)23)29-15-24(27)26-16(2)19-9-8-18-6-4-5-7-20(18)12-19/h4-14,16H,3,15H2,1-2H3,(H,26,27)/t16-/m1/s1. The fraction of sp³-hybridized carbons (Fsp3) is 0.200. The van der Waals surface area contributed by atoms with Crippen molar-refractivity contribution in [2.24, 2.45) is 0 Å². The Labute approximate surface area is 174 Å². The second-order valence-electron chi connectivity index (χ2n) is 7.29. The summed E-state index contributed by atoms with van der Waals surface area (Å²) in [5, 5.41) is 6.13. The maximum Gasteiger partial charge on any atom is 0.336 e. The van der Waals surface area contributed by atoms with Crippen LogP contribution >= 0.6 is 0 Å². The van der Waals surface area contributed by atoms with Gasteiger partial charge in [-0.1, -0.05) is 43.3 Å². The Morgan fingerprint density at radius 2 is 1.83 bits per heavy atom. The molecule has 152 valence electrons. The molecule has 0 radical (unpaired) electrons. The lowest BCUT2D eigenvalue weighted by atomic mass is 10.0. The Morgan fingerprint density at radius 3 is 2.63 bits per heavy atom. The highest BCUT2D eigenvalue weighted by Gasteiger charge is 2.12. The molecule has 0 saturated carbocycles. The number of carbonyl (C=O) groups excluding carboxylic acids is 1. The molecular weight excluding hydrogens is 378 g/mol. The van der Waals surface area contributed by atoms with E-state index in [9.17, 15) is 9.59 Å². The van der Waals surface area contributed by atoms with E-state index < -0.39 is 5.63 Å². The van der Waals surface area contributed by atoms with Crippen LogP contribution in [0.1, 0.15) is 31.0 Å². The van der Waals surface area contributed by atoms with Crippen LogP contribution in [0.5, 0.6) is 5.75 Å². The first-order chi connectivity index (χ1) is 14.5. The van der Waals surface area contributed by atoms with Gasteiger partial charge in [-0.15, -0.1) is 0 Å². The number of hydrogen-bond acceptors (Lipinski definition) is 4. The molecule has 0 fully saturated rings. The first kappa shape index (κ1) is 19.7. The van der Waals surface area contributed by atoms with Gasteiger partial charge in [0.1, 0.15) is 11.3 Å². The minimum absolute atomic E-state index is 0.124. The van der Waals surface area contributed by atoms with Crippen LogP contribution in [0.2, 0.25) is 0 Å². The third-order valence-electron chi connectivity index (χ3n) is 5.20. The van der Waals surface area contributed by atoms with Crippen LogP contribution in [0, 0.1) is 0 Å². The predicted molar refractivity (Wildman–Crippen MR) is 118 cm³/mol. The van der Waals surface area contributed by atoms with Gasteiger partial charge in [-0.3, -0.25) is 4.79 Å². The van der Waals surface area contributed by atoms with E-state index >= 15 is 0 Å². The van der Waals surface area contributed by atoms with Crippen molar-refractivity contribution < 1.29 is 13.9 Å². The molecule has 4 rings (SSSR count). The monoisotopic (exact) mass is 401 g/mol. The molecule has 1 aromatic heterocycles. The minimum Gasteiger partial charge on any atom is -0.484 e. The van der Waals surface area contributed by atoms with E-state index in [1.54, 1.807) is 12.1 Å². The first-order valence-electron chi connectivity index (χ1n) is 10.0. The second kappa shape index (κ2) is 8.41. The van der Waals surface area contributed by atoms with E-state index in [0.29, 0.717) is 11.3 Å². The highest BCUT2D eigenvalue weighted by Crippen LogP contribution is 2.23. The topological polar surface area (TPSA) is 68.5 Å². The first-order valence-corrected chi connectivity index (χ1v) is 10.0. The largest absolute Gasteiger partial charge is 0.484 e. The number of aryl methyl sites for hydroxylation is 1. The average Bonchev–Trinajstić information content (AvgIpc) is 2.76. The number of rotatable bonds is 6. The lowest BCUT2D eigenvalue weighted by molar-refractivity contribution is -0.123. The average molecular weight is 401 g/mol. The highest BCUT2D eigenvalue weighted by atomic mass is 16.5. The van der Waals surface area contributed by atoms with E-state index in [1.165, 1.54) is 6.07 Å². The quantitative estimate of drug-likeness (QED) is 0.473. The Morgan fingerprint density at radius 1 is 1.03 bits per heavy atom. The normalized spacial score (nSPS) is 12.1. The van der Waals surface area contributed by atoms with Gasteiger partial charge in [0.25, 0.3) is 5.91 Å². The summed E-state index contributed by atoms with van der Waals surface area (Å²) in [6, 6.07) is 20.9. The van der Waals surface area contributed by atoms with E-state index in [-0.39, 0.29) is 18.6 Å². The van der Waals surface area contributed by atoms with Crippen LogP contribution in [-0.4, -0.2) is 12.5 Å². The van der Waals surface area contributed by atoms with Gasteiger partial charge < -0.3 is 14.5 Å². The van der Waals surface area contributed by atoms with E-state index in [2.05, 4.69) is 29.6 Å². The van der Waals surface area contributed by atoms with Gasteiger partial charge in [0.2, 0.25) is 0 Å². The summed E-state index contributed by atoms with van der Waals surface area (Å²) >= 11 is 0. The summed E-state index contributed by atoms with van der Waals surface area (Å²) in [4.78, 5) is 24.1. The van der Waals surface area contributed by atoms with Crippen molar-refractivity contribution in [2.75, 3.05) is 6.61 Å². The fourth-order valence-electron chi connectivity index (χ4n) is 3.59. The molecule has 0 unspecified atom stereocenters. The summed E-state index contributed by atoms with van der Waals surface area (Å²) < 4.78 is 10.9. The van der Waals surface area contributed by atoms with Crippen molar-refractivity contribution in [1.29, 1.82) is 0 Å². The minimum atomic E-state index is -0.390. The van der Waals surface area contributed by atoms with Crippen LogP contribution in [0.25, 0.3) is 21.7 Å². The Kier molecular flexibility index (Phi) is 5.53. The van der Waals surface area contributed by atoms with Crippen molar-refractivity contribution in [3.05, 3.63) is 88.3 Å². The molecule has 3 aromatic carbocycles. The maximum atomic E-state index is 12.4. The van der Waals surface area contributed by atoms with Crippen LogP contribution in [0.3, 0.4) is 0 Å². The number of fused-ring (bicyclic) bond motifs is 2. The summed E-state index contributed by atoms with van der Waals surface area (Å²) in [5.74, 6) is 0.256. The number of benzene rings is 3. The predicted octanol–water partition coefficient (Wildman–Crippen LogP) is 4.76. The molecule has 5 nitrogen and oxygen atoms in total. The van der Waals surface area contributed by atoms with Crippen LogP contribution < -0.4 is 15.7 Å². The van der Waals surface area contributed by atoms with Gasteiger partial charge in [0.05, 0.1) is 6.04 Å². The van der Waals surface area contributed by atoms with Crippen molar-refractivity contribution in [1.82, 2.24) is 5.32 Å². The highest BCUT2D eigenvalue weighted by molar-refractivity contribution is 5.84. The molecule has 1 atom stereocenters. The van der Waals surface area contributed by atoms with Gasteiger partial charge in [-0.05, 0) is 53.4 Å². The molecule has 0 aliphatic carbocycles. The molecule has 0 spiro atoms. The Balaban J connectivity index is 1.42. The van der Waals surface area contributed by atoms with Crippen LogP contribution in [-0.2, 0) is 11.2 Å². The maximum absolute atomic E-state index is 12.4. The third-order valence-corrected chi connectivity index (χ3v) is 5.20. The third kappa shape index (κ3) is 4.20. The zero-order valence-electron chi connectivity index (χ0n) is 17.0. The van der Waals surface area contributed by atoms with Gasteiger partial charge in [0.15, 0.2) is 6.61 Å². The molecular formula is C25H23NO4. The van der Waals surface area contributed by atoms with E-state index in [4.69, 9.17) is 9.15 Å². The lowest BCUT2D eigenvalue weighted by Crippen LogP contribution is -2.31. The molecule has 1 amide bonds. The molecule has 0 saturated heterocycles. The molecule has 0 bridgehead atoms. The summed E-state index contributed by atoms with van der Waals surface area (Å²) in [7, 11) is 0. The zero-order valence-corrected chi connectivity index (χ0v) is 17.0. The van der Waals surface area contributed by atoms with E-state index in [0.717, 1.165) is 33.7 Å². The molecule has 5 heteroatoms. The van der Waals surface area contributed by atoms with Crippen molar-refractivity contribution >= 4 is 27.6 Å². The molecule has 1 heterocycles. The molecule has 0 aliphatic rings. The number of carbonyl (C=O) groups is 1. The zero-order chi connectivity index (χ0) is 21.1. The Hall–Kier alpha value is -3.60. The number of amides is 1. The molecule has 0 aliphatic heterocycles. The van der Waals surface area contributed by atoms with Gasteiger partial charge in [0, 0.05) is 17.5 Å². The van der Waals surface area contributed by atoms with Crippen LogP contribution in [0.15, 0.2) is 75.9 Å². The van der Waals surface area contributed by atoms with Gasteiger partial charge in [-0.25, -0.2) is 4.79 Å². The molecule has 1 N–H and O–H groups in total. The van der Waals surface area contributed by atoms with Gasteiger partial charge in [-0.2, -0.15) is 0 Å². The number of ether oxygens (including phenoxy) is 1. The summed E-state index contributed by atoms with van der Waals surface area (Å²) in [6.45, 7) is 3.81. The molecule has 30 heavy (non-hydrogen) atoms. The van der Waals surface area contributed by atoms with Crippen molar-refractivity contribution in [3.8, 4) is 5.75 Å². The van der Waals surface area contributed by atoms with Gasteiger partial charge >= 0.3 is 5.63 Å². The SMILES string of the molecule is CCc1cc(=O)oc2cc(OCC(=O)N[C@H](C)c3ccc4ccccc4c3)ccc12. The van der Waals surface area contributed by atoms with Crippen molar-refractivity contribution in [3.63, 3.8) is 0 Å². The van der Waals surface area contributed by atoms with Crippen LogP contribution in [0.4, 0.5) is 0 Å². The van der Waals surface area contributed by atoms with E-state index in [1.807, 2.05) is 38.1 Å². The van der Waals surface area contributed by atoms with Crippen molar-refractivity contribution in [2.45, 2.75) is 26.3 Å². The molecule has 4 aromatic rings. The number of hydrogen-bond donors (Lipinski definition) is 1. The Bertz CT molecular complexity index is 1280. The smallest absolute Gasteiger partial charge is 0.336 e. The summed E-state index contributed by atoms with van der Waals surface area (Å²) in [6.07, 6.45) is 0.734. The number of nitrogens with one attached hydrogen (secondary N) is 1.